The van der Waals surface area contributed by atoms with Gasteiger partial charge in [0.2, 0.25) is 0 Å². The summed E-state index contributed by atoms with van der Waals surface area (Å²) in [5.41, 5.74) is 0. The summed E-state index contributed by atoms with van der Waals surface area (Å²) in [7, 11) is 0. The van der Waals surface area contributed by atoms with Gasteiger partial charge in [-0.05, 0) is 25.8 Å². The molecule has 2 fully saturated rings. The summed E-state index contributed by atoms with van der Waals surface area (Å²) < 4.78 is 5.27. The number of carbonyl (C=O) groups excluding carboxylic acids is 1. The average Bonchev–Trinajstić information content (AvgIpc) is 2.72. The molecule has 2 saturated heterocycles. The van der Waals surface area contributed by atoms with E-state index in [1.54, 1.807) is 0 Å². The predicted molar refractivity (Wildman–Crippen MR) is 66.0 cm³/mol. The van der Waals surface area contributed by atoms with Crippen molar-refractivity contribution < 1.29 is 9.53 Å². The van der Waals surface area contributed by atoms with E-state index in [-0.39, 0.29) is 12.1 Å². The maximum absolute atomic E-state index is 11.7. The second kappa shape index (κ2) is 6.81. The van der Waals surface area contributed by atoms with Crippen molar-refractivity contribution in [2.45, 2.75) is 31.7 Å². The minimum atomic E-state index is -0.0365. The quantitative estimate of drug-likeness (QED) is 0.673. The van der Waals surface area contributed by atoms with Gasteiger partial charge in [-0.1, -0.05) is 6.42 Å². The molecule has 2 heterocycles. The molecule has 0 aromatic heterocycles. The number of hydrogen-bond acceptors (Lipinski definition) is 3. The lowest BCUT2D eigenvalue weighted by Crippen LogP contribution is -2.46. The second-order valence-corrected chi connectivity index (χ2v) is 4.98. The Bertz CT molecular complexity index is 234. The van der Waals surface area contributed by atoms with E-state index in [2.05, 4.69) is 16.0 Å². The van der Waals surface area contributed by atoms with Crippen LogP contribution >= 0.6 is 0 Å². The molecular weight excluding hydrogens is 218 g/mol. The molecule has 2 aliphatic rings. The molecule has 2 aliphatic heterocycles. The van der Waals surface area contributed by atoms with Crippen molar-refractivity contribution in [3.05, 3.63) is 0 Å². The van der Waals surface area contributed by atoms with Gasteiger partial charge in [0.25, 0.3) is 0 Å². The zero-order valence-electron chi connectivity index (χ0n) is 10.3. The molecule has 0 saturated carbocycles. The number of ether oxygens (including phenoxy) is 1. The van der Waals surface area contributed by atoms with Gasteiger partial charge in [-0.2, -0.15) is 0 Å². The fraction of sp³-hybridized carbons (Fsp3) is 0.917. The van der Waals surface area contributed by atoms with E-state index in [1.807, 2.05) is 0 Å². The van der Waals surface area contributed by atoms with E-state index in [1.165, 1.54) is 12.8 Å². The Hall–Kier alpha value is -0.810. The van der Waals surface area contributed by atoms with Crippen LogP contribution in [0.5, 0.6) is 0 Å². The van der Waals surface area contributed by atoms with Crippen molar-refractivity contribution >= 4 is 6.03 Å². The fourth-order valence-electron chi connectivity index (χ4n) is 2.36. The molecule has 0 aliphatic carbocycles. The maximum atomic E-state index is 11.7. The van der Waals surface area contributed by atoms with Gasteiger partial charge in [0.1, 0.15) is 0 Å². The van der Waals surface area contributed by atoms with Gasteiger partial charge in [0.15, 0.2) is 0 Å². The first-order valence-electron chi connectivity index (χ1n) is 6.67. The Morgan fingerprint density at radius 2 is 2.29 bits per heavy atom. The van der Waals surface area contributed by atoms with Crippen LogP contribution in [0.3, 0.4) is 0 Å². The Morgan fingerprint density at radius 1 is 1.35 bits per heavy atom. The van der Waals surface area contributed by atoms with Crippen LogP contribution in [0, 0.1) is 5.92 Å². The molecule has 0 aromatic rings. The van der Waals surface area contributed by atoms with Crippen molar-refractivity contribution in [2.24, 2.45) is 5.92 Å². The van der Waals surface area contributed by atoms with Gasteiger partial charge in [0, 0.05) is 31.7 Å². The Balaban J connectivity index is 1.61. The lowest BCUT2D eigenvalue weighted by atomic mass is 10.1. The number of rotatable bonds is 3. The number of amides is 2. The molecule has 0 aromatic carbocycles. The monoisotopic (exact) mass is 241 g/mol. The second-order valence-electron chi connectivity index (χ2n) is 4.98. The first-order chi connectivity index (χ1) is 8.34. The van der Waals surface area contributed by atoms with Crippen LogP contribution in [0.4, 0.5) is 4.79 Å². The summed E-state index contributed by atoms with van der Waals surface area (Å²) in [5.74, 6) is 0.494. The minimum Gasteiger partial charge on any atom is -0.381 e. The molecule has 2 amide bonds. The molecule has 2 atom stereocenters. The minimum absolute atomic E-state index is 0.0365. The van der Waals surface area contributed by atoms with Gasteiger partial charge >= 0.3 is 6.03 Å². The molecular formula is C12H23N3O2. The zero-order valence-corrected chi connectivity index (χ0v) is 10.3. The molecule has 17 heavy (non-hydrogen) atoms. The molecule has 2 unspecified atom stereocenters. The van der Waals surface area contributed by atoms with Crippen molar-refractivity contribution in [3.63, 3.8) is 0 Å². The average molecular weight is 241 g/mol. The first-order valence-corrected chi connectivity index (χ1v) is 6.67. The summed E-state index contributed by atoms with van der Waals surface area (Å²) in [5, 5.41) is 9.30. The van der Waals surface area contributed by atoms with Gasteiger partial charge in [-0.15, -0.1) is 0 Å². The summed E-state index contributed by atoms with van der Waals surface area (Å²) in [6, 6.07) is 0.239. The standard InChI is InChI=1S/C12H23N3O2/c16-12(14-7-10-4-6-17-9-10)15-11-3-1-2-5-13-8-11/h10-11,13H,1-9H2,(H2,14,15,16). The van der Waals surface area contributed by atoms with Crippen LogP contribution in [0.25, 0.3) is 0 Å². The lowest BCUT2D eigenvalue weighted by Gasteiger charge is -2.17. The van der Waals surface area contributed by atoms with Crippen LogP contribution < -0.4 is 16.0 Å². The maximum Gasteiger partial charge on any atom is 0.315 e. The van der Waals surface area contributed by atoms with E-state index in [4.69, 9.17) is 4.74 Å². The fourth-order valence-corrected chi connectivity index (χ4v) is 2.36. The van der Waals surface area contributed by atoms with Crippen LogP contribution in [-0.2, 0) is 4.74 Å². The summed E-state index contributed by atoms with van der Waals surface area (Å²) in [6.45, 7) is 4.30. The normalized spacial score (nSPS) is 29.6. The predicted octanol–water partition coefficient (Wildman–Crippen LogP) is 0.464. The first kappa shape index (κ1) is 12.6. The van der Waals surface area contributed by atoms with E-state index in [0.29, 0.717) is 5.92 Å². The summed E-state index contributed by atoms with van der Waals surface area (Å²) >= 11 is 0. The molecule has 98 valence electrons. The van der Waals surface area contributed by atoms with Crippen LogP contribution in [0.1, 0.15) is 25.7 Å². The highest BCUT2D eigenvalue weighted by molar-refractivity contribution is 5.74. The number of nitrogens with one attached hydrogen (secondary N) is 3. The van der Waals surface area contributed by atoms with Crippen molar-refractivity contribution in [1.29, 1.82) is 0 Å². The third-order valence-electron chi connectivity index (χ3n) is 3.46. The number of urea groups is 1. The van der Waals surface area contributed by atoms with Crippen molar-refractivity contribution in [2.75, 3.05) is 32.8 Å². The molecule has 3 N–H and O–H groups in total. The zero-order chi connectivity index (χ0) is 11.9. The molecule has 0 spiro atoms. The molecule has 0 bridgehead atoms. The number of carbonyl (C=O) groups is 1. The Labute approximate surface area is 103 Å². The molecule has 0 radical (unpaired) electrons. The van der Waals surface area contributed by atoms with Gasteiger partial charge in [0.05, 0.1) is 6.61 Å². The summed E-state index contributed by atoms with van der Waals surface area (Å²) in [4.78, 5) is 11.7. The summed E-state index contributed by atoms with van der Waals surface area (Å²) in [6.07, 6.45) is 4.53. The Morgan fingerprint density at radius 3 is 3.12 bits per heavy atom. The lowest BCUT2D eigenvalue weighted by molar-refractivity contribution is 0.185. The van der Waals surface area contributed by atoms with E-state index >= 15 is 0 Å². The third-order valence-corrected chi connectivity index (χ3v) is 3.46. The van der Waals surface area contributed by atoms with Crippen LogP contribution in [0.2, 0.25) is 0 Å². The highest BCUT2D eigenvalue weighted by Gasteiger charge is 2.18. The molecule has 5 nitrogen and oxygen atoms in total. The van der Waals surface area contributed by atoms with Crippen molar-refractivity contribution in [3.8, 4) is 0 Å². The highest BCUT2D eigenvalue weighted by atomic mass is 16.5. The topological polar surface area (TPSA) is 62.4 Å². The third kappa shape index (κ3) is 4.52. The number of hydrogen-bond donors (Lipinski definition) is 3. The van der Waals surface area contributed by atoms with Crippen LogP contribution in [-0.4, -0.2) is 44.9 Å². The molecule has 5 heteroatoms. The van der Waals surface area contributed by atoms with Gasteiger partial charge < -0.3 is 20.7 Å². The van der Waals surface area contributed by atoms with E-state index in [9.17, 15) is 4.79 Å². The smallest absolute Gasteiger partial charge is 0.315 e. The Kier molecular flexibility index (Phi) is 5.07. The molecule has 2 rings (SSSR count). The largest absolute Gasteiger partial charge is 0.381 e. The van der Waals surface area contributed by atoms with Crippen molar-refractivity contribution in [1.82, 2.24) is 16.0 Å². The highest BCUT2D eigenvalue weighted by Crippen LogP contribution is 2.10. The van der Waals surface area contributed by atoms with Gasteiger partial charge in [-0.3, -0.25) is 0 Å². The van der Waals surface area contributed by atoms with Gasteiger partial charge in [-0.25, -0.2) is 4.79 Å². The van der Waals surface area contributed by atoms with E-state index in [0.717, 1.165) is 45.7 Å². The SMILES string of the molecule is O=C(NCC1CCOC1)NC1CCCCNC1. The van der Waals surface area contributed by atoms with Crippen LogP contribution in [0.15, 0.2) is 0 Å². The van der Waals surface area contributed by atoms with E-state index < -0.39 is 0 Å².